The second-order valence-electron chi connectivity index (χ2n) is 5.21. The molecular weight excluding hydrogens is 314 g/mol. The average molecular weight is 329 g/mol. The van der Waals surface area contributed by atoms with Gasteiger partial charge < -0.3 is 10.2 Å². The van der Waals surface area contributed by atoms with E-state index < -0.39 is 10.0 Å². The maximum atomic E-state index is 12.2. The zero-order valence-corrected chi connectivity index (χ0v) is 13.2. The Hall–Kier alpha value is -2.67. The third kappa shape index (κ3) is 3.24. The van der Waals surface area contributed by atoms with E-state index in [0.29, 0.717) is 11.4 Å². The van der Waals surface area contributed by atoms with Gasteiger partial charge in [-0.25, -0.2) is 0 Å². The average Bonchev–Trinajstić information content (AvgIpc) is 2.50. The summed E-state index contributed by atoms with van der Waals surface area (Å²) in [5, 5.41) is 2.79. The lowest BCUT2D eigenvalue weighted by atomic mass is 10.2. The number of rotatable bonds is 3. The van der Waals surface area contributed by atoms with Crippen molar-refractivity contribution in [1.29, 1.82) is 0 Å². The maximum absolute atomic E-state index is 12.2. The highest BCUT2D eigenvalue weighted by Gasteiger charge is 2.25. The molecule has 0 atom stereocenters. The van der Waals surface area contributed by atoms with Crippen LogP contribution in [0.3, 0.4) is 0 Å². The van der Waals surface area contributed by atoms with E-state index >= 15 is 0 Å². The number of aryl methyl sites for hydroxylation is 1. The maximum Gasteiger partial charge on any atom is 0.285 e. The number of para-hydroxylation sites is 1. The number of hydrogen-bond acceptors (Lipinski definition) is 4. The summed E-state index contributed by atoms with van der Waals surface area (Å²) in [6.07, 6.45) is 1.17. The number of amides is 1. The molecule has 2 aromatic rings. The Morgan fingerprint density at radius 2 is 1.96 bits per heavy atom. The van der Waals surface area contributed by atoms with Crippen molar-refractivity contribution in [3.05, 3.63) is 54.1 Å². The van der Waals surface area contributed by atoms with E-state index in [1.54, 1.807) is 24.3 Å². The van der Waals surface area contributed by atoms with Gasteiger partial charge in [-0.05, 0) is 36.8 Å². The molecule has 1 amide bonds. The molecule has 23 heavy (non-hydrogen) atoms. The topological polar surface area (TPSA) is 78.8 Å². The summed E-state index contributed by atoms with van der Waals surface area (Å²) in [5.74, 6) is -0.254. The van der Waals surface area contributed by atoms with Crippen LogP contribution in [0.15, 0.2) is 57.8 Å². The number of fused-ring (bicyclic) bond motifs is 1. The van der Waals surface area contributed by atoms with Gasteiger partial charge in [0.05, 0.1) is 5.69 Å². The van der Waals surface area contributed by atoms with Crippen molar-refractivity contribution < 1.29 is 13.2 Å². The summed E-state index contributed by atoms with van der Waals surface area (Å²) in [5.41, 5.74) is 2.19. The number of sulfonamides is 1. The Morgan fingerprint density at radius 1 is 1.17 bits per heavy atom. The standard InChI is InChI=1S/C16H15N3O3S/c1-12-5-4-6-13(9-12)18-16(20)10-19-11-17-23(21,22)15-8-3-2-7-14(15)19/h2-9,11H,10H2,1H3,(H,18,20). The zero-order valence-electron chi connectivity index (χ0n) is 12.4. The smallest absolute Gasteiger partial charge is 0.285 e. The molecule has 1 N–H and O–H groups in total. The van der Waals surface area contributed by atoms with Gasteiger partial charge in [0.15, 0.2) is 0 Å². The Bertz CT molecular complexity index is 891. The van der Waals surface area contributed by atoms with Crippen LogP contribution in [0.4, 0.5) is 11.4 Å². The highest BCUT2D eigenvalue weighted by molar-refractivity contribution is 7.90. The van der Waals surface area contributed by atoms with Crippen molar-refractivity contribution >= 4 is 33.6 Å². The molecule has 0 aliphatic carbocycles. The van der Waals surface area contributed by atoms with Crippen molar-refractivity contribution in [3.63, 3.8) is 0 Å². The van der Waals surface area contributed by atoms with Gasteiger partial charge in [0.25, 0.3) is 10.0 Å². The largest absolute Gasteiger partial charge is 0.325 e. The van der Waals surface area contributed by atoms with Crippen LogP contribution < -0.4 is 10.2 Å². The number of carbonyl (C=O) groups excluding carboxylic acids is 1. The van der Waals surface area contributed by atoms with Gasteiger partial charge in [-0.3, -0.25) is 4.79 Å². The number of anilines is 2. The van der Waals surface area contributed by atoms with Gasteiger partial charge in [0.1, 0.15) is 17.8 Å². The molecule has 0 bridgehead atoms. The SMILES string of the molecule is Cc1cccc(NC(=O)CN2C=NS(=O)(=O)c3ccccc32)c1. The predicted molar refractivity (Wildman–Crippen MR) is 89.3 cm³/mol. The number of nitrogens with zero attached hydrogens (tertiary/aromatic N) is 2. The minimum atomic E-state index is -3.68. The summed E-state index contributed by atoms with van der Waals surface area (Å²) in [6.45, 7) is 1.91. The van der Waals surface area contributed by atoms with E-state index in [2.05, 4.69) is 9.71 Å². The van der Waals surface area contributed by atoms with Crippen LogP contribution in [0.1, 0.15) is 5.56 Å². The molecule has 0 saturated carbocycles. The van der Waals surface area contributed by atoms with Crippen LogP contribution in [0, 0.1) is 6.92 Å². The molecule has 1 heterocycles. The molecule has 118 valence electrons. The molecule has 0 unspecified atom stereocenters. The Kier molecular flexibility index (Phi) is 3.87. The third-order valence-corrected chi connectivity index (χ3v) is 4.67. The van der Waals surface area contributed by atoms with Crippen molar-refractivity contribution in [2.75, 3.05) is 16.8 Å². The van der Waals surface area contributed by atoms with E-state index in [1.807, 2.05) is 25.1 Å². The molecule has 0 radical (unpaired) electrons. The summed E-state index contributed by atoms with van der Waals surface area (Å²) >= 11 is 0. The Morgan fingerprint density at radius 3 is 2.74 bits per heavy atom. The first kappa shape index (κ1) is 15.2. The number of nitrogens with one attached hydrogen (secondary N) is 1. The lowest BCUT2D eigenvalue weighted by Crippen LogP contribution is -2.35. The van der Waals surface area contributed by atoms with E-state index in [0.717, 1.165) is 5.56 Å². The molecule has 2 aromatic carbocycles. The molecule has 0 fully saturated rings. The van der Waals surface area contributed by atoms with E-state index in [9.17, 15) is 13.2 Å². The second kappa shape index (κ2) is 5.85. The van der Waals surface area contributed by atoms with Gasteiger partial charge in [0.2, 0.25) is 5.91 Å². The molecule has 7 heteroatoms. The second-order valence-corrected chi connectivity index (χ2v) is 6.81. The van der Waals surface area contributed by atoms with Gasteiger partial charge in [-0.1, -0.05) is 24.3 Å². The van der Waals surface area contributed by atoms with Crippen molar-refractivity contribution in [2.24, 2.45) is 4.40 Å². The van der Waals surface area contributed by atoms with Gasteiger partial charge in [-0.2, -0.15) is 8.42 Å². The number of hydrogen-bond donors (Lipinski definition) is 1. The predicted octanol–water partition coefficient (Wildman–Crippen LogP) is 2.17. The lowest BCUT2D eigenvalue weighted by molar-refractivity contribution is -0.114. The fraction of sp³-hybridized carbons (Fsp3) is 0.125. The van der Waals surface area contributed by atoms with Gasteiger partial charge in [-0.15, -0.1) is 4.40 Å². The summed E-state index contributed by atoms with van der Waals surface area (Å²) in [6, 6.07) is 13.9. The van der Waals surface area contributed by atoms with Gasteiger partial charge >= 0.3 is 0 Å². The van der Waals surface area contributed by atoms with Crippen LogP contribution >= 0.6 is 0 Å². The fourth-order valence-electron chi connectivity index (χ4n) is 2.35. The molecule has 3 rings (SSSR count). The fourth-order valence-corrected chi connectivity index (χ4v) is 3.41. The van der Waals surface area contributed by atoms with E-state index in [1.165, 1.54) is 17.3 Å². The molecule has 0 aromatic heterocycles. The summed E-state index contributed by atoms with van der Waals surface area (Å²) < 4.78 is 27.4. The van der Waals surface area contributed by atoms with Crippen molar-refractivity contribution in [3.8, 4) is 0 Å². The van der Waals surface area contributed by atoms with Gasteiger partial charge in [0, 0.05) is 5.69 Å². The molecule has 1 aliphatic heterocycles. The molecule has 0 saturated heterocycles. The van der Waals surface area contributed by atoms with Crippen LogP contribution in [0.5, 0.6) is 0 Å². The monoisotopic (exact) mass is 329 g/mol. The molecular formula is C16H15N3O3S. The van der Waals surface area contributed by atoms with Crippen LogP contribution in [0.2, 0.25) is 0 Å². The highest BCUT2D eigenvalue weighted by Crippen LogP contribution is 2.28. The first-order valence-corrected chi connectivity index (χ1v) is 8.42. The number of carbonyl (C=O) groups is 1. The minimum absolute atomic E-state index is 0.0238. The van der Waals surface area contributed by atoms with Crippen molar-refractivity contribution in [2.45, 2.75) is 11.8 Å². The minimum Gasteiger partial charge on any atom is -0.325 e. The molecule has 6 nitrogen and oxygen atoms in total. The Balaban J connectivity index is 1.80. The quantitative estimate of drug-likeness (QED) is 0.936. The lowest BCUT2D eigenvalue weighted by Gasteiger charge is -2.24. The third-order valence-electron chi connectivity index (χ3n) is 3.39. The van der Waals surface area contributed by atoms with Crippen LogP contribution in [-0.2, 0) is 14.8 Å². The molecule has 1 aliphatic rings. The first-order chi connectivity index (χ1) is 11.0. The van der Waals surface area contributed by atoms with E-state index in [-0.39, 0.29) is 17.3 Å². The Labute approximate surface area is 134 Å². The van der Waals surface area contributed by atoms with E-state index in [4.69, 9.17) is 0 Å². The van der Waals surface area contributed by atoms with Crippen molar-refractivity contribution in [1.82, 2.24) is 0 Å². The summed E-state index contributed by atoms with van der Waals surface area (Å²) in [4.78, 5) is 13.8. The highest BCUT2D eigenvalue weighted by atomic mass is 32.2. The zero-order chi connectivity index (χ0) is 16.4. The summed E-state index contributed by atoms with van der Waals surface area (Å²) in [7, 11) is -3.68. The number of benzene rings is 2. The first-order valence-electron chi connectivity index (χ1n) is 6.98. The van der Waals surface area contributed by atoms with Crippen LogP contribution in [-0.4, -0.2) is 27.2 Å². The molecule has 0 spiro atoms. The normalized spacial score (nSPS) is 15.1. The van der Waals surface area contributed by atoms with Crippen LogP contribution in [0.25, 0.3) is 0 Å².